The Kier molecular flexibility index (Phi) is 11.4. The van der Waals surface area contributed by atoms with Gasteiger partial charge in [-0.3, -0.25) is 29.0 Å². The van der Waals surface area contributed by atoms with Crippen LogP contribution in [-0.4, -0.2) is 93.9 Å². The zero-order chi connectivity index (χ0) is 26.7. The van der Waals surface area contributed by atoms with Crippen molar-refractivity contribution in [2.24, 2.45) is 27.9 Å². The molecule has 0 aromatic carbocycles. The Labute approximate surface area is 200 Å². The van der Waals surface area contributed by atoms with Gasteiger partial charge in [-0.2, -0.15) is 0 Å². The lowest BCUT2D eigenvalue weighted by molar-refractivity contribution is -0.146. The summed E-state index contributed by atoms with van der Waals surface area (Å²) < 4.78 is 0. The van der Waals surface area contributed by atoms with Crippen molar-refractivity contribution in [1.82, 2.24) is 15.5 Å². The molecule has 1 fully saturated rings. The molecule has 0 aromatic rings. The second kappa shape index (κ2) is 13.7. The second-order valence-electron chi connectivity index (χ2n) is 7.97. The number of likely N-dealkylation sites (tertiary alicyclic amines) is 1. The Hall–Kier alpha value is -3.95. The quantitative estimate of drug-likeness (QED) is 0.0642. The fourth-order valence-electron chi connectivity index (χ4n) is 3.49. The van der Waals surface area contributed by atoms with Crippen molar-refractivity contribution in [2.75, 3.05) is 13.1 Å². The number of aliphatic carboxylic acids is 2. The summed E-state index contributed by atoms with van der Waals surface area (Å²) in [5.41, 5.74) is 21.2. The van der Waals surface area contributed by atoms with E-state index in [9.17, 15) is 33.9 Å². The molecule has 4 atom stereocenters. The van der Waals surface area contributed by atoms with Crippen LogP contribution < -0.4 is 33.6 Å². The number of carbonyl (C=O) groups excluding carboxylic acids is 4. The van der Waals surface area contributed by atoms with Gasteiger partial charge in [-0.05, 0) is 25.7 Å². The molecule has 4 amide bonds. The first-order valence-electron chi connectivity index (χ1n) is 10.8. The molecule has 0 radical (unpaired) electrons. The van der Waals surface area contributed by atoms with Gasteiger partial charge >= 0.3 is 11.9 Å². The molecule has 16 nitrogen and oxygen atoms in total. The topological polar surface area (TPSA) is 287 Å². The number of nitrogens with two attached hydrogens (primary N) is 4. The van der Waals surface area contributed by atoms with Gasteiger partial charge in [-0.1, -0.05) is 0 Å². The highest BCUT2D eigenvalue weighted by molar-refractivity contribution is 5.95. The van der Waals surface area contributed by atoms with Crippen molar-refractivity contribution in [3.05, 3.63) is 0 Å². The maximum Gasteiger partial charge on any atom is 0.326 e. The SMILES string of the molecule is NC(=O)CC(NC(=O)C1CCCN1C(=O)C(CCCN=C(N)N)NC(=O)C(N)CC(=O)O)C(=O)O. The molecule has 35 heavy (non-hydrogen) atoms. The van der Waals surface area contributed by atoms with Crippen LogP contribution in [-0.2, 0) is 28.8 Å². The summed E-state index contributed by atoms with van der Waals surface area (Å²) >= 11 is 0. The molecule has 1 aliphatic rings. The molecule has 0 saturated carbocycles. The predicted molar refractivity (Wildman–Crippen MR) is 120 cm³/mol. The molecular weight excluding hydrogens is 468 g/mol. The Morgan fingerprint density at radius 3 is 2.20 bits per heavy atom. The second-order valence-corrected chi connectivity index (χ2v) is 7.97. The minimum atomic E-state index is -1.57. The number of hydrogen-bond acceptors (Lipinski definition) is 8. The normalized spacial score (nSPS) is 17.5. The fourth-order valence-corrected chi connectivity index (χ4v) is 3.49. The zero-order valence-corrected chi connectivity index (χ0v) is 19.0. The third-order valence-corrected chi connectivity index (χ3v) is 5.15. The number of carboxylic acids is 2. The summed E-state index contributed by atoms with van der Waals surface area (Å²) in [6.07, 6.45) is -0.352. The largest absolute Gasteiger partial charge is 0.481 e. The molecule has 4 unspecified atom stereocenters. The summed E-state index contributed by atoms with van der Waals surface area (Å²) in [6, 6.07) is -5.21. The van der Waals surface area contributed by atoms with E-state index in [1.807, 2.05) is 0 Å². The van der Waals surface area contributed by atoms with Gasteiger partial charge in [0.25, 0.3) is 0 Å². The molecule has 0 bridgehead atoms. The monoisotopic (exact) mass is 500 g/mol. The van der Waals surface area contributed by atoms with Gasteiger partial charge in [0.2, 0.25) is 23.6 Å². The predicted octanol–water partition coefficient (Wildman–Crippen LogP) is -4.24. The highest BCUT2D eigenvalue weighted by Crippen LogP contribution is 2.20. The van der Waals surface area contributed by atoms with Gasteiger partial charge in [-0.15, -0.1) is 0 Å². The summed E-state index contributed by atoms with van der Waals surface area (Å²) in [5, 5.41) is 22.7. The first-order chi connectivity index (χ1) is 16.3. The van der Waals surface area contributed by atoms with Gasteiger partial charge in [0, 0.05) is 13.1 Å². The van der Waals surface area contributed by atoms with E-state index in [1.165, 1.54) is 4.90 Å². The number of carbonyl (C=O) groups is 6. The molecule has 0 aliphatic carbocycles. The van der Waals surface area contributed by atoms with Crippen LogP contribution >= 0.6 is 0 Å². The average Bonchev–Trinajstić information content (AvgIpc) is 3.23. The van der Waals surface area contributed by atoms with Crippen molar-refractivity contribution >= 4 is 41.5 Å². The number of primary amides is 1. The first kappa shape index (κ1) is 29.1. The molecule has 1 saturated heterocycles. The zero-order valence-electron chi connectivity index (χ0n) is 19.0. The highest BCUT2D eigenvalue weighted by Gasteiger charge is 2.39. The van der Waals surface area contributed by atoms with Crippen molar-refractivity contribution in [1.29, 1.82) is 0 Å². The number of hydrogen-bond donors (Lipinski definition) is 8. The van der Waals surface area contributed by atoms with Crippen LogP contribution in [0.2, 0.25) is 0 Å². The number of aliphatic imine (C=N–C) groups is 1. The van der Waals surface area contributed by atoms with Crippen molar-refractivity contribution in [3.8, 4) is 0 Å². The summed E-state index contributed by atoms with van der Waals surface area (Å²) in [6.45, 7) is 0.284. The third kappa shape index (κ3) is 9.83. The Morgan fingerprint density at radius 2 is 1.66 bits per heavy atom. The molecule has 0 spiro atoms. The number of amides is 4. The highest BCUT2D eigenvalue weighted by atomic mass is 16.4. The number of rotatable bonds is 14. The average molecular weight is 501 g/mol. The maximum atomic E-state index is 13.3. The molecule has 16 heteroatoms. The van der Waals surface area contributed by atoms with Crippen molar-refractivity contribution < 1.29 is 39.0 Å². The van der Waals surface area contributed by atoms with Crippen LogP contribution in [0.3, 0.4) is 0 Å². The van der Waals surface area contributed by atoms with Gasteiger partial charge in [0.1, 0.15) is 18.1 Å². The lowest BCUT2D eigenvalue weighted by atomic mass is 10.1. The van der Waals surface area contributed by atoms with E-state index in [1.54, 1.807) is 0 Å². The van der Waals surface area contributed by atoms with E-state index in [0.717, 1.165) is 0 Å². The standard InChI is InChI=1S/C19H32N8O8/c20-9(7-14(29)30)15(31)25-10(3-1-5-24-19(22)23)17(33)27-6-2-4-12(27)16(32)26-11(18(34)35)8-13(21)28/h9-12H,1-8,20H2,(H2,21,28)(H,25,31)(H,26,32)(H,29,30)(H,34,35)(H4,22,23,24). The maximum absolute atomic E-state index is 13.3. The number of carboxylic acid groups (broad SMARTS) is 2. The third-order valence-electron chi connectivity index (χ3n) is 5.15. The summed E-state index contributed by atoms with van der Waals surface area (Å²) in [4.78, 5) is 76.6. The van der Waals surface area contributed by atoms with Crippen LogP contribution in [0.25, 0.3) is 0 Å². The Bertz CT molecular complexity index is 860. The molecule has 1 rings (SSSR count). The van der Waals surface area contributed by atoms with E-state index >= 15 is 0 Å². The molecule has 196 valence electrons. The smallest absolute Gasteiger partial charge is 0.326 e. The van der Waals surface area contributed by atoms with E-state index in [4.69, 9.17) is 28.0 Å². The van der Waals surface area contributed by atoms with Gasteiger partial charge in [0.05, 0.1) is 18.9 Å². The Balaban J connectivity index is 3.00. The van der Waals surface area contributed by atoms with E-state index in [2.05, 4.69) is 15.6 Å². The Morgan fingerprint density at radius 1 is 1.00 bits per heavy atom. The van der Waals surface area contributed by atoms with Crippen LogP contribution in [0.1, 0.15) is 38.5 Å². The van der Waals surface area contributed by atoms with Crippen LogP contribution in [0.15, 0.2) is 4.99 Å². The minimum Gasteiger partial charge on any atom is -0.481 e. The van der Waals surface area contributed by atoms with Gasteiger partial charge in [0.15, 0.2) is 5.96 Å². The number of nitrogens with one attached hydrogen (secondary N) is 2. The summed E-state index contributed by atoms with van der Waals surface area (Å²) in [5.74, 6) is -6.18. The first-order valence-corrected chi connectivity index (χ1v) is 10.8. The fraction of sp³-hybridized carbons (Fsp3) is 0.632. The lowest BCUT2D eigenvalue weighted by Crippen LogP contribution is -2.57. The van der Waals surface area contributed by atoms with E-state index < -0.39 is 72.6 Å². The number of guanidine groups is 1. The lowest BCUT2D eigenvalue weighted by Gasteiger charge is -2.29. The van der Waals surface area contributed by atoms with Crippen LogP contribution in [0.5, 0.6) is 0 Å². The van der Waals surface area contributed by atoms with Crippen molar-refractivity contribution in [2.45, 2.75) is 62.7 Å². The molecular formula is C19H32N8O8. The summed E-state index contributed by atoms with van der Waals surface area (Å²) in [7, 11) is 0. The van der Waals surface area contributed by atoms with Crippen LogP contribution in [0.4, 0.5) is 0 Å². The van der Waals surface area contributed by atoms with E-state index in [-0.39, 0.29) is 38.3 Å². The van der Waals surface area contributed by atoms with E-state index in [0.29, 0.717) is 6.42 Å². The molecule has 1 heterocycles. The van der Waals surface area contributed by atoms with Gasteiger partial charge < -0.3 is 48.7 Å². The molecule has 0 aromatic heterocycles. The minimum absolute atomic E-state index is 0.0470. The molecule has 1 aliphatic heterocycles. The van der Waals surface area contributed by atoms with Crippen LogP contribution in [0, 0.1) is 0 Å². The number of nitrogens with zero attached hydrogens (tertiary/aromatic N) is 2. The van der Waals surface area contributed by atoms with Crippen molar-refractivity contribution in [3.63, 3.8) is 0 Å². The molecule has 12 N–H and O–H groups in total. The van der Waals surface area contributed by atoms with Gasteiger partial charge in [-0.25, -0.2) is 4.79 Å².